The van der Waals surface area contributed by atoms with Crippen LogP contribution in [0, 0.1) is 18.3 Å². The fraction of sp³-hybridized carbons (Fsp3) is 0.273. The van der Waals surface area contributed by atoms with Gasteiger partial charge in [0.15, 0.2) is 0 Å². The molecule has 1 rings (SSSR count). The number of hydrogen-bond donors (Lipinski definition) is 2. The van der Waals surface area contributed by atoms with E-state index in [1.807, 2.05) is 6.07 Å². The van der Waals surface area contributed by atoms with Crippen molar-refractivity contribution in [1.29, 1.82) is 5.26 Å². The number of rotatable bonds is 4. The van der Waals surface area contributed by atoms with Gasteiger partial charge in [-0.3, -0.25) is 4.72 Å². The number of nitrogens with zero attached hydrogens (tertiary/aromatic N) is 1. The van der Waals surface area contributed by atoms with Crippen LogP contribution in [-0.2, 0) is 14.9 Å². The normalized spacial score (nSPS) is 10.4. The predicted octanol–water partition coefficient (Wildman–Crippen LogP) is 1.27. The largest absolute Gasteiger partial charge is 0.449 e. The summed E-state index contributed by atoms with van der Waals surface area (Å²) in [5.41, 5.74) is 0.912. The van der Waals surface area contributed by atoms with Gasteiger partial charge in [0.2, 0.25) is 0 Å². The number of ether oxygens (including phenoxy) is 1. The van der Waals surface area contributed by atoms with Gasteiger partial charge in [-0.05, 0) is 25.5 Å². The number of carbonyl (C=O) groups is 1. The van der Waals surface area contributed by atoms with Gasteiger partial charge in [0, 0.05) is 0 Å². The summed E-state index contributed by atoms with van der Waals surface area (Å²) in [7, 11) is -4.13. The fourth-order valence-electron chi connectivity index (χ4n) is 1.34. The smallest absolute Gasteiger partial charge is 0.422 e. The van der Waals surface area contributed by atoms with Crippen molar-refractivity contribution in [1.82, 2.24) is 4.72 Å². The van der Waals surface area contributed by atoms with Gasteiger partial charge in [-0.1, -0.05) is 12.1 Å². The van der Waals surface area contributed by atoms with Crippen LogP contribution >= 0.6 is 0 Å². The van der Waals surface area contributed by atoms with Gasteiger partial charge in [-0.25, -0.2) is 9.52 Å². The predicted molar refractivity (Wildman–Crippen MR) is 68.6 cm³/mol. The molecule has 0 fully saturated rings. The van der Waals surface area contributed by atoms with E-state index in [0.717, 1.165) is 0 Å². The summed E-state index contributed by atoms with van der Waals surface area (Å²) in [6.07, 6.45) is -1.08. The number of anilines is 1. The first-order chi connectivity index (χ1) is 8.89. The quantitative estimate of drug-likeness (QED) is 0.865. The first-order valence-corrected chi connectivity index (χ1v) is 6.85. The van der Waals surface area contributed by atoms with E-state index < -0.39 is 16.3 Å². The molecule has 0 unspecified atom stereocenters. The Morgan fingerprint density at radius 2 is 2.16 bits per heavy atom. The lowest BCUT2D eigenvalue weighted by Gasteiger charge is -2.11. The van der Waals surface area contributed by atoms with Crippen LogP contribution in [-0.4, -0.2) is 21.1 Å². The van der Waals surface area contributed by atoms with Crippen LogP contribution < -0.4 is 9.44 Å². The van der Waals surface area contributed by atoms with Crippen LogP contribution in [0.25, 0.3) is 0 Å². The van der Waals surface area contributed by atoms with Gasteiger partial charge in [-0.2, -0.15) is 13.7 Å². The van der Waals surface area contributed by atoms with Crippen molar-refractivity contribution < 1.29 is 17.9 Å². The highest BCUT2D eigenvalue weighted by Gasteiger charge is 2.17. The lowest BCUT2D eigenvalue weighted by molar-refractivity contribution is 0.159. The Morgan fingerprint density at radius 3 is 2.74 bits per heavy atom. The number of hydrogen-bond acceptors (Lipinski definition) is 5. The molecule has 1 amide bonds. The summed E-state index contributed by atoms with van der Waals surface area (Å²) in [6, 6.07) is 6.59. The van der Waals surface area contributed by atoms with E-state index in [1.165, 1.54) is 6.07 Å². The molecular formula is C11H13N3O4S. The SMILES string of the molecule is CCOC(=O)NS(=O)(=O)Nc1cccc(C)c1C#N. The molecule has 0 radical (unpaired) electrons. The summed E-state index contributed by atoms with van der Waals surface area (Å²) in [6.45, 7) is 3.28. The molecule has 0 aliphatic carbocycles. The molecule has 0 saturated carbocycles. The molecule has 8 heteroatoms. The van der Waals surface area contributed by atoms with E-state index in [1.54, 1.807) is 30.7 Å². The molecule has 7 nitrogen and oxygen atoms in total. The molecule has 0 atom stereocenters. The van der Waals surface area contributed by atoms with Crippen molar-refractivity contribution in [3.8, 4) is 6.07 Å². The number of carbonyl (C=O) groups excluding carboxylic acids is 1. The summed E-state index contributed by atoms with van der Waals surface area (Å²) < 4.78 is 31.5. The van der Waals surface area contributed by atoms with E-state index >= 15 is 0 Å². The van der Waals surface area contributed by atoms with Crippen molar-refractivity contribution in [2.75, 3.05) is 11.3 Å². The highest BCUT2D eigenvalue weighted by Crippen LogP contribution is 2.19. The van der Waals surface area contributed by atoms with Crippen LogP contribution in [0.1, 0.15) is 18.1 Å². The maximum atomic E-state index is 11.6. The van der Waals surface area contributed by atoms with E-state index in [-0.39, 0.29) is 17.9 Å². The molecule has 0 aliphatic rings. The molecule has 0 saturated heterocycles. The maximum Gasteiger partial charge on any atom is 0.422 e. The van der Waals surface area contributed by atoms with Gasteiger partial charge in [0.05, 0.1) is 17.9 Å². The third-order valence-electron chi connectivity index (χ3n) is 2.12. The summed E-state index contributed by atoms with van der Waals surface area (Å²) in [5.74, 6) is 0. The first-order valence-electron chi connectivity index (χ1n) is 5.36. The Balaban J connectivity index is 2.94. The van der Waals surface area contributed by atoms with Gasteiger partial charge in [-0.15, -0.1) is 0 Å². The van der Waals surface area contributed by atoms with Crippen LogP contribution in [0.4, 0.5) is 10.5 Å². The minimum Gasteiger partial charge on any atom is -0.449 e. The number of amides is 1. The highest BCUT2D eigenvalue weighted by atomic mass is 32.2. The third kappa shape index (κ3) is 4.15. The lowest BCUT2D eigenvalue weighted by atomic mass is 10.1. The number of nitriles is 1. The van der Waals surface area contributed by atoms with Crippen LogP contribution in [0.3, 0.4) is 0 Å². The molecule has 0 bridgehead atoms. The Kier molecular flexibility index (Phi) is 4.72. The van der Waals surface area contributed by atoms with Crippen LogP contribution in [0.5, 0.6) is 0 Å². The molecule has 1 aromatic rings. The van der Waals surface area contributed by atoms with Gasteiger partial charge >= 0.3 is 16.3 Å². The van der Waals surface area contributed by atoms with Gasteiger partial charge in [0.25, 0.3) is 0 Å². The minimum atomic E-state index is -4.13. The number of aryl methyl sites for hydroxylation is 1. The Hall–Kier alpha value is -2.27. The van der Waals surface area contributed by atoms with Gasteiger partial charge in [0.1, 0.15) is 6.07 Å². The first kappa shape index (κ1) is 14.8. The van der Waals surface area contributed by atoms with E-state index in [9.17, 15) is 13.2 Å². The van der Waals surface area contributed by atoms with E-state index in [2.05, 4.69) is 9.46 Å². The standard InChI is InChI=1S/C11H13N3O4S/c1-3-18-11(15)14-19(16,17)13-10-6-4-5-8(2)9(10)7-12/h4-6,13H,3H2,1-2H3,(H,14,15). The molecule has 0 aliphatic heterocycles. The van der Waals surface area contributed by atoms with Gasteiger partial charge < -0.3 is 4.74 Å². The van der Waals surface area contributed by atoms with Crippen LogP contribution in [0.15, 0.2) is 18.2 Å². The molecule has 0 heterocycles. The zero-order chi connectivity index (χ0) is 14.5. The molecule has 0 spiro atoms. The topological polar surface area (TPSA) is 108 Å². The third-order valence-corrected chi connectivity index (χ3v) is 3.05. The number of benzene rings is 1. The molecule has 0 aromatic heterocycles. The van der Waals surface area contributed by atoms with Crippen molar-refractivity contribution in [3.63, 3.8) is 0 Å². The molecule has 2 N–H and O–H groups in total. The average Bonchev–Trinajstić information content (AvgIpc) is 2.28. The minimum absolute atomic E-state index is 0.0508. The summed E-state index contributed by atoms with van der Waals surface area (Å²) >= 11 is 0. The lowest BCUT2D eigenvalue weighted by Crippen LogP contribution is -2.35. The zero-order valence-corrected chi connectivity index (χ0v) is 11.2. The molecule has 1 aromatic carbocycles. The Bertz CT molecular complexity index is 619. The van der Waals surface area contributed by atoms with E-state index in [4.69, 9.17) is 5.26 Å². The van der Waals surface area contributed by atoms with Crippen molar-refractivity contribution in [3.05, 3.63) is 29.3 Å². The average molecular weight is 283 g/mol. The van der Waals surface area contributed by atoms with Crippen LogP contribution in [0.2, 0.25) is 0 Å². The fourth-order valence-corrected chi connectivity index (χ4v) is 2.13. The molecular weight excluding hydrogens is 270 g/mol. The second kappa shape index (κ2) is 6.06. The zero-order valence-electron chi connectivity index (χ0n) is 10.4. The van der Waals surface area contributed by atoms with Crippen molar-refractivity contribution in [2.45, 2.75) is 13.8 Å². The summed E-state index contributed by atoms with van der Waals surface area (Å²) in [5, 5.41) is 8.97. The maximum absolute atomic E-state index is 11.6. The second-order valence-electron chi connectivity index (χ2n) is 3.54. The number of nitrogens with one attached hydrogen (secondary N) is 2. The Labute approximate surface area is 111 Å². The van der Waals surface area contributed by atoms with Crippen molar-refractivity contribution >= 4 is 22.0 Å². The second-order valence-corrected chi connectivity index (χ2v) is 4.95. The molecule has 19 heavy (non-hydrogen) atoms. The van der Waals surface area contributed by atoms with E-state index in [0.29, 0.717) is 5.56 Å². The van der Waals surface area contributed by atoms with Crippen molar-refractivity contribution in [2.24, 2.45) is 0 Å². The summed E-state index contributed by atoms with van der Waals surface area (Å²) in [4.78, 5) is 11.1. The Morgan fingerprint density at radius 1 is 1.47 bits per heavy atom. The molecule has 102 valence electrons. The highest BCUT2D eigenvalue weighted by molar-refractivity contribution is 7.91. The monoisotopic (exact) mass is 283 g/mol.